The number of hydrogen-bond acceptors (Lipinski definition) is 7. The van der Waals surface area contributed by atoms with Gasteiger partial charge in [0.15, 0.2) is 22.6 Å². The zero-order chi connectivity index (χ0) is 14.5. The molecular formula is C14H17N3O3S. The van der Waals surface area contributed by atoms with E-state index < -0.39 is 0 Å². The van der Waals surface area contributed by atoms with Gasteiger partial charge in [0.2, 0.25) is 5.13 Å². The van der Waals surface area contributed by atoms with Crippen molar-refractivity contribution in [3.63, 3.8) is 0 Å². The summed E-state index contributed by atoms with van der Waals surface area (Å²) in [6.45, 7) is 1.95. The summed E-state index contributed by atoms with van der Waals surface area (Å²) in [5, 5.41) is 13.2. The molecule has 1 aromatic heterocycles. The average molecular weight is 307 g/mol. The average Bonchev–Trinajstić information content (AvgIpc) is 2.86. The van der Waals surface area contributed by atoms with Crippen LogP contribution in [-0.2, 0) is 4.74 Å². The van der Waals surface area contributed by atoms with Gasteiger partial charge in [-0.05, 0) is 12.1 Å². The Morgan fingerprint density at radius 2 is 2.19 bits per heavy atom. The third-order valence-corrected chi connectivity index (χ3v) is 4.03. The Kier molecular flexibility index (Phi) is 4.52. The van der Waals surface area contributed by atoms with Gasteiger partial charge in [-0.1, -0.05) is 23.5 Å². The molecule has 0 saturated heterocycles. The number of ether oxygens (including phenoxy) is 3. The maximum Gasteiger partial charge on any atom is 0.205 e. The van der Waals surface area contributed by atoms with Gasteiger partial charge in [-0.15, -0.1) is 10.2 Å². The lowest BCUT2D eigenvalue weighted by Crippen LogP contribution is -2.08. The molecule has 0 saturated carbocycles. The molecule has 0 radical (unpaired) electrons. The van der Waals surface area contributed by atoms with E-state index in [-0.39, 0.29) is 6.10 Å². The van der Waals surface area contributed by atoms with Crippen LogP contribution >= 0.6 is 11.3 Å². The van der Waals surface area contributed by atoms with Crippen molar-refractivity contribution < 1.29 is 14.2 Å². The Morgan fingerprint density at radius 3 is 3.05 bits per heavy atom. The summed E-state index contributed by atoms with van der Waals surface area (Å²) in [6.07, 6.45) is 0.630. The molecule has 6 nitrogen and oxygen atoms in total. The molecule has 0 fully saturated rings. The fourth-order valence-electron chi connectivity index (χ4n) is 2.02. The Balaban J connectivity index is 1.69. The Bertz CT molecular complexity index is 590. The number of nitrogens with one attached hydrogen (secondary N) is 1. The van der Waals surface area contributed by atoms with E-state index in [1.54, 1.807) is 7.11 Å². The number of nitrogens with zero attached hydrogens (tertiary/aromatic N) is 2. The van der Waals surface area contributed by atoms with Crippen molar-refractivity contribution in [2.75, 3.05) is 32.2 Å². The number of para-hydroxylation sites is 2. The van der Waals surface area contributed by atoms with Crippen LogP contribution in [0.5, 0.6) is 11.5 Å². The zero-order valence-corrected chi connectivity index (χ0v) is 12.6. The van der Waals surface area contributed by atoms with E-state index in [4.69, 9.17) is 14.2 Å². The van der Waals surface area contributed by atoms with Crippen LogP contribution in [0.4, 0.5) is 5.13 Å². The lowest BCUT2D eigenvalue weighted by molar-refractivity contribution is 0.193. The molecule has 21 heavy (non-hydrogen) atoms. The van der Waals surface area contributed by atoms with Gasteiger partial charge in [0, 0.05) is 20.1 Å². The lowest BCUT2D eigenvalue weighted by atomic mass is 10.3. The van der Waals surface area contributed by atoms with Gasteiger partial charge in [0.1, 0.15) is 0 Å². The molecule has 2 heterocycles. The van der Waals surface area contributed by atoms with Crippen LogP contribution in [0.1, 0.15) is 17.5 Å². The third-order valence-electron chi connectivity index (χ3n) is 3.05. The van der Waals surface area contributed by atoms with Gasteiger partial charge in [-0.2, -0.15) is 0 Å². The smallest absolute Gasteiger partial charge is 0.205 e. The van der Waals surface area contributed by atoms with E-state index in [1.807, 2.05) is 24.3 Å². The molecule has 1 unspecified atom stereocenters. The van der Waals surface area contributed by atoms with E-state index in [2.05, 4.69) is 15.5 Å². The van der Waals surface area contributed by atoms with Crippen molar-refractivity contribution in [2.24, 2.45) is 0 Å². The molecule has 0 amide bonds. The molecule has 1 atom stereocenters. The molecule has 0 aliphatic carbocycles. The van der Waals surface area contributed by atoms with Crippen LogP contribution in [0.25, 0.3) is 0 Å². The largest absolute Gasteiger partial charge is 0.490 e. The highest BCUT2D eigenvalue weighted by Gasteiger charge is 2.23. The van der Waals surface area contributed by atoms with Gasteiger partial charge in [0.25, 0.3) is 0 Å². The second-order valence-corrected chi connectivity index (χ2v) is 5.56. The number of fused-ring (bicyclic) bond motifs is 1. The van der Waals surface area contributed by atoms with E-state index >= 15 is 0 Å². The predicted molar refractivity (Wildman–Crippen MR) is 80.2 cm³/mol. The van der Waals surface area contributed by atoms with E-state index in [9.17, 15) is 0 Å². The fourth-order valence-corrected chi connectivity index (χ4v) is 2.86. The minimum atomic E-state index is -0.121. The van der Waals surface area contributed by atoms with E-state index in [1.165, 1.54) is 11.3 Å². The van der Waals surface area contributed by atoms with Gasteiger partial charge in [-0.25, -0.2) is 0 Å². The Labute approximate surface area is 127 Å². The monoisotopic (exact) mass is 307 g/mol. The summed E-state index contributed by atoms with van der Waals surface area (Å²) >= 11 is 1.50. The molecule has 1 aromatic carbocycles. The highest BCUT2D eigenvalue weighted by atomic mass is 32.1. The third kappa shape index (κ3) is 3.43. The maximum absolute atomic E-state index is 6.01. The molecule has 3 rings (SSSR count). The summed E-state index contributed by atoms with van der Waals surface area (Å²) in [4.78, 5) is 0. The molecule has 0 spiro atoms. The van der Waals surface area contributed by atoms with Crippen LogP contribution in [-0.4, -0.2) is 37.1 Å². The number of benzene rings is 1. The van der Waals surface area contributed by atoms with Crippen LogP contribution in [0, 0.1) is 0 Å². The molecular weight excluding hydrogens is 290 g/mol. The summed E-state index contributed by atoms with van der Waals surface area (Å²) in [5.41, 5.74) is 0. The van der Waals surface area contributed by atoms with Gasteiger partial charge in [-0.3, -0.25) is 0 Å². The predicted octanol–water partition coefficient (Wildman–Crippen LogP) is 2.50. The molecule has 1 N–H and O–H groups in total. The highest BCUT2D eigenvalue weighted by molar-refractivity contribution is 7.15. The molecule has 7 heteroatoms. The van der Waals surface area contributed by atoms with Gasteiger partial charge < -0.3 is 19.5 Å². The summed E-state index contributed by atoms with van der Waals surface area (Å²) < 4.78 is 16.7. The van der Waals surface area contributed by atoms with Crippen LogP contribution in [0.3, 0.4) is 0 Å². The van der Waals surface area contributed by atoms with E-state index in [0.29, 0.717) is 19.8 Å². The quantitative estimate of drug-likeness (QED) is 0.856. The second kappa shape index (κ2) is 6.73. The zero-order valence-electron chi connectivity index (χ0n) is 11.7. The number of hydrogen-bond donors (Lipinski definition) is 1. The first-order valence-corrected chi connectivity index (χ1v) is 7.63. The van der Waals surface area contributed by atoms with Crippen LogP contribution < -0.4 is 14.8 Å². The SMILES string of the molecule is COCCNc1nnc(C2CCOc3ccccc3O2)s1. The first-order chi connectivity index (χ1) is 10.4. The molecule has 1 aliphatic rings. The van der Waals surface area contributed by atoms with Crippen molar-refractivity contribution in [2.45, 2.75) is 12.5 Å². The van der Waals surface area contributed by atoms with Gasteiger partial charge in [0.05, 0.1) is 13.2 Å². The standard InChI is InChI=1S/C14H17N3O3S/c1-18-9-7-15-14-17-16-13(21-14)12-6-8-19-10-4-2-3-5-11(10)20-12/h2-5,12H,6-9H2,1H3,(H,15,17). The number of aromatic nitrogens is 2. The van der Waals surface area contributed by atoms with Crippen molar-refractivity contribution in [3.05, 3.63) is 29.3 Å². The van der Waals surface area contributed by atoms with Crippen molar-refractivity contribution in [1.82, 2.24) is 10.2 Å². The number of methoxy groups -OCH3 is 1. The molecule has 112 valence electrons. The molecule has 0 bridgehead atoms. The van der Waals surface area contributed by atoms with Gasteiger partial charge >= 0.3 is 0 Å². The first kappa shape index (κ1) is 14.1. The van der Waals surface area contributed by atoms with Crippen molar-refractivity contribution in [3.8, 4) is 11.5 Å². The van der Waals surface area contributed by atoms with Crippen molar-refractivity contribution >= 4 is 16.5 Å². The van der Waals surface area contributed by atoms with Crippen LogP contribution in [0.15, 0.2) is 24.3 Å². The lowest BCUT2D eigenvalue weighted by Gasteiger charge is -2.12. The minimum absolute atomic E-state index is 0.121. The second-order valence-electron chi connectivity index (χ2n) is 4.56. The Morgan fingerprint density at radius 1 is 1.33 bits per heavy atom. The number of anilines is 1. The summed E-state index contributed by atoms with van der Waals surface area (Å²) in [6, 6.07) is 7.69. The van der Waals surface area contributed by atoms with Crippen LogP contribution in [0.2, 0.25) is 0 Å². The highest BCUT2D eigenvalue weighted by Crippen LogP contribution is 2.36. The number of rotatable bonds is 5. The fraction of sp³-hybridized carbons (Fsp3) is 0.429. The molecule has 1 aliphatic heterocycles. The topological polar surface area (TPSA) is 65.5 Å². The van der Waals surface area contributed by atoms with Crippen molar-refractivity contribution in [1.29, 1.82) is 0 Å². The minimum Gasteiger partial charge on any atom is -0.490 e. The van der Waals surface area contributed by atoms with E-state index in [0.717, 1.165) is 28.1 Å². The summed E-state index contributed by atoms with van der Waals surface area (Å²) in [7, 11) is 1.67. The maximum atomic E-state index is 6.01. The Hall–Kier alpha value is -1.86. The summed E-state index contributed by atoms with van der Waals surface area (Å²) in [5.74, 6) is 1.53. The molecule has 2 aromatic rings. The normalized spacial score (nSPS) is 17.3. The first-order valence-electron chi connectivity index (χ1n) is 6.81.